The Morgan fingerprint density at radius 3 is 2.57 bits per heavy atom. The monoisotopic (exact) mass is 578 g/mol. The maximum atomic E-state index is 15.4. The Labute approximate surface area is 241 Å². The van der Waals surface area contributed by atoms with Gasteiger partial charge in [0.1, 0.15) is 17.7 Å². The number of aromatic amines is 1. The number of aromatic nitrogens is 4. The van der Waals surface area contributed by atoms with E-state index in [4.69, 9.17) is 9.47 Å². The minimum atomic E-state index is -0.773. The highest BCUT2D eigenvalue weighted by Gasteiger charge is 2.29. The Balaban J connectivity index is 1.31. The van der Waals surface area contributed by atoms with Gasteiger partial charge in [0.05, 0.1) is 30.6 Å². The SMILES string of the molecule is CCN1CCN(c2ccc(Nc3ncnc(Oc4cc(F)c5[nH]c(C)cc5c4F)c3C(=O)N3CCOCC3)nc2)CC1. The Bertz CT molecular complexity index is 1580. The summed E-state index contributed by atoms with van der Waals surface area (Å²) in [6.07, 6.45) is 2.97. The summed E-state index contributed by atoms with van der Waals surface area (Å²) in [4.78, 5) is 35.9. The van der Waals surface area contributed by atoms with Gasteiger partial charge in [-0.05, 0) is 31.7 Å². The standard InChI is InChI=1S/C29H32F2N8O3/c1-3-37-6-8-38(9-7-37)19-4-5-23(32-16-19)36-27-24(29(40)39-10-12-41-13-11-39)28(34-17-33-27)42-22-15-21(30)26-20(25(22)31)14-18(2)35-26/h4-5,14-17,35H,3,6-13H2,1-2H3,(H,32,33,34,36). The molecule has 2 N–H and O–H groups in total. The van der Waals surface area contributed by atoms with Gasteiger partial charge in [0, 0.05) is 56.4 Å². The van der Waals surface area contributed by atoms with E-state index in [0.29, 0.717) is 37.8 Å². The molecule has 0 bridgehead atoms. The second kappa shape index (κ2) is 11.9. The van der Waals surface area contributed by atoms with Gasteiger partial charge in [-0.3, -0.25) is 4.79 Å². The van der Waals surface area contributed by atoms with Gasteiger partial charge in [0.2, 0.25) is 5.88 Å². The lowest BCUT2D eigenvalue weighted by Crippen LogP contribution is -2.46. The first kappa shape index (κ1) is 27.8. The van der Waals surface area contributed by atoms with Crippen LogP contribution in [0.2, 0.25) is 0 Å². The number of rotatable bonds is 7. The van der Waals surface area contributed by atoms with Crippen molar-refractivity contribution in [3.05, 3.63) is 59.7 Å². The first-order valence-corrected chi connectivity index (χ1v) is 14.0. The fourth-order valence-electron chi connectivity index (χ4n) is 5.26. The smallest absolute Gasteiger partial charge is 0.263 e. The number of hydrogen-bond acceptors (Lipinski definition) is 9. The van der Waals surface area contributed by atoms with Crippen molar-refractivity contribution < 1.29 is 23.0 Å². The second-order valence-corrected chi connectivity index (χ2v) is 10.3. The number of pyridine rings is 1. The molecule has 0 atom stereocenters. The Morgan fingerprint density at radius 1 is 1.07 bits per heavy atom. The van der Waals surface area contributed by atoms with Crippen LogP contribution in [0.1, 0.15) is 23.0 Å². The van der Waals surface area contributed by atoms with Crippen LogP contribution in [-0.2, 0) is 4.74 Å². The molecule has 0 radical (unpaired) electrons. The van der Waals surface area contributed by atoms with Crippen molar-refractivity contribution in [2.24, 2.45) is 0 Å². The topological polar surface area (TPSA) is 112 Å². The van der Waals surface area contributed by atoms with E-state index in [9.17, 15) is 9.18 Å². The molecular weight excluding hydrogens is 546 g/mol. The molecule has 0 saturated carbocycles. The van der Waals surface area contributed by atoms with Crippen LogP contribution in [0.25, 0.3) is 10.9 Å². The van der Waals surface area contributed by atoms with Crippen LogP contribution in [0.5, 0.6) is 11.6 Å². The number of H-pyrrole nitrogens is 1. The van der Waals surface area contributed by atoms with Crippen molar-refractivity contribution in [3.8, 4) is 11.6 Å². The fraction of sp³-hybridized carbons (Fsp3) is 0.379. The maximum Gasteiger partial charge on any atom is 0.263 e. The van der Waals surface area contributed by atoms with Crippen LogP contribution >= 0.6 is 0 Å². The van der Waals surface area contributed by atoms with Gasteiger partial charge in [0.15, 0.2) is 23.2 Å². The Hall–Kier alpha value is -4.36. The number of hydrogen-bond donors (Lipinski definition) is 2. The lowest BCUT2D eigenvalue weighted by atomic mass is 10.2. The minimum Gasteiger partial charge on any atom is -0.435 e. The van der Waals surface area contributed by atoms with Gasteiger partial charge >= 0.3 is 0 Å². The number of nitrogens with one attached hydrogen (secondary N) is 2. The number of anilines is 3. The maximum absolute atomic E-state index is 15.4. The molecule has 3 aromatic heterocycles. The van der Waals surface area contributed by atoms with Crippen molar-refractivity contribution in [3.63, 3.8) is 0 Å². The first-order chi connectivity index (χ1) is 20.4. The number of nitrogens with zero attached hydrogens (tertiary/aromatic N) is 6. The third kappa shape index (κ3) is 5.57. The average Bonchev–Trinajstić information content (AvgIpc) is 3.43. The van der Waals surface area contributed by atoms with Crippen molar-refractivity contribution in [1.82, 2.24) is 29.7 Å². The number of morpholine rings is 1. The van der Waals surface area contributed by atoms with E-state index in [0.717, 1.165) is 44.5 Å². The van der Waals surface area contributed by atoms with E-state index in [1.165, 1.54) is 12.4 Å². The third-order valence-electron chi connectivity index (χ3n) is 7.61. The van der Waals surface area contributed by atoms with Gasteiger partial charge in [-0.15, -0.1) is 0 Å². The largest absolute Gasteiger partial charge is 0.435 e. The van der Waals surface area contributed by atoms with E-state index in [1.54, 1.807) is 18.0 Å². The summed E-state index contributed by atoms with van der Waals surface area (Å²) < 4.78 is 41.5. The predicted molar refractivity (Wildman–Crippen MR) is 154 cm³/mol. The molecule has 2 aliphatic heterocycles. The average molecular weight is 579 g/mol. The van der Waals surface area contributed by atoms with Crippen molar-refractivity contribution in [2.45, 2.75) is 13.8 Å². The molecule has 13 heteroatoms. The third-order valence-corrected chi connectivity index (χ3v) is 7.61. The van der Waals surface area contributed by atoms with Gasteiger partial charge in [-0.1, -0.05) is 6.92 Å². The lowest BCUT2D eigenvalue weighted by molar-refractivity contribution is 0.0301. The van der Waals surface area contributed by atoms with Crippen molar-refractivity contribution >= 4 is 34.1 Å². The molecule has 2 fully saturated rings. The van der Waals surface area contributed by atoms with Crippen LogP contribution in [-0.4, -0.2) is 94.7 Å². The molecule has 11 nitrogen and oxygen atoms in total. The summed E-state index contributed by atoms with van der Waals surface area (Å²) in [6, 6.07) is 6.20. The number of carbonyl (C=O) groups excluding carboxylic acids is 1. The molecule has 220 valence electrons. The lowest BCUT2D eigenvalue weighted by Gasteiger charge is -2.35. The molecule has 0 aliphatic carbocycles. The summed E-state index contributed by atoms with van der Waals surface area (Å²) in [5.74, 6) is -1.92. The number of ether oxygens (including phenoxy) is 2. The normalized spacial score (nSPS) is 16.2. The summed E-state index contributed by atoms with van der Waals surface area (Å²) in [5.41, 5.74) is 1.61. The second-order valence-electron chi connectivity index (χ2n) is 10.3. The molecule has 2 aliphatic rings. The Kier molecular flexibility index (Phi) is 7.85. The molecule has 42 heavy (non-hydrogen) atoms. The van der Waals surface area contributed by atoms with Gasteiger partial charge < -0.3 is 34.5 Å². The molecule has 1 amide bonds. The van der Waals surface area contributed by atoms with E-state index in [1.807, 2.05) is 12.1 Å². The zero-order valence-corrected chi connectivity index (χ0v) is 23.5. The van der Waals surface area contributed by atoms with E-state index < -0.39 is 23.3 Å². The van der Waals surface area contributed by atoms with Gasteiger partial charge in [-0.2, -0.15) is 0 Å². The van der Waals surface area contributed by atoms with E-state index >= 15 is 4.39 Å². The number of amides is 1. The summed E-state index contributed by atoms with van der Waals surface area (Å²) in [5, 5.41) is 3.14. The molecule has 4 aromatic rings. The van der Waals surface area contributed by atoms with E-state index in [2.05, 4.69) is 42.0 Å². The van der Waals surface area contributed by atoms with Crippen LogP contribution < -0.4 is 15.0 Å². The number of aryl methyl sites for hydroxylation is 1. The summed E-state index contributed by atoms with van der Waals surface area (Å²) in [6.45, 7) is 10.2. The van der Waals surface area contributed by atoms with Crippen molar-refractivity contribution in [2.75, 3.05) is 69.2 Å². The molecule has 1 aromatic carbocycles. The number of piperazine rings is 1. The minimum absolute atomic E-state index is 0.0221. The highest BCUT2D eigenvalue weighted by molar-refractivity contribution is 6.01. The van der Waals surface area contributed by atoms with Crippen LogP contribution in [0.3, 0.4) is 0 Å². The molecule has 5 heterocycles. The van der Waals surface area contributed by atoms with Gasteiger partial charge in [-0.25, -0.2) is 23.7 Å². The van der Waals surface area contributed by atoms with Crippen molar-refractivity contribution in [1.29, 1.82) is 0 Å². The zero-order valence-electron chi connectivity index (χ0n) is 23.5. The molecule has 0 spiro atoms. The number of carbonyl (C=O) groups is 1. The quantitative estimate of drug-likeness (QED) is 0.335. The van der Waals surface area contributed by atoms with Crippen LogP contribution in [0.4, 0.5) is 26.1 Å². The number of halogens is 2. The van der Waals surface area contributed by atoms with Crippen LogP contribution in [0, 0.1) is 18.6 Å². The number of benzene rings is 1. The highest BCUT2D eigenvalue weighted by Crippen LogP contribution is 2.35. The summed E-state index contributed by atoms with van der Waals surface area (Å²) in [7, 11) is 0. The summed E-state index contributed by atoms with van der Waals surface area (Å²) >= 11 is 0. The zero-order chi connectivity index (χ0) is 29.2. The number of likely N-dealkylation sites (N-methyl/N-ethyl adjacent to an activating group) is 1. The molecule has 0 unspecified atom stereocenters. The van der Waals surface area contributed by atoms with Gasteiger partial charge in [0.25, 0.3) is 5.91 Å². The molecule has 6 rings (SSSR count). The Morgan fingerprint density at radius 2 is 1.86 bits per heavy atom. The fourth-order valence-corrected chi connectivity index (χ4v) is 5.26. The molecule has 2 saturated heterocycles. The highest BCUT2D eigenvalue weighted by atomic mass is 19.1. The number of fused-ring (bicyclic) bond motifs is 1. The molecular formula is C29H32F2N8O3. The first-order valence-electron chi connectivity index (χ1n) is 14.0. The predicted octanol–water partition coefficient (Wildman–Crippen LogP) is 4.09. The van der Waals surface area contributed by atoms with E-state index in [-0.39, 0.29) is 28.2 Å². The van der Waals surface area contributed by atoms with Crippen LogP contribution in [0.15, 0.2) is 36.8 Å².